The molecule has 0 aliphatic heterocycles. The van der Waals surface area contributed by atoms with Gasteiger partial charge in [0.1, 0.15) is 17.5 Å². The number of aliphatic carboxylic acids is 1. The molecule has 2 rings (SSSR count). The minimum Gasteiger partial charge on any atom is -0.478 e. The second-order valence-electron chi connectivity index (χ2n) is 5.15. The molecular weight excluding hydrogens is 342 g/mol. The largest absolute Gasteiger partial charge is 0.478 e. The summed E-state index contributed by atoms with van der Waals surface area (Å²) in [4.78, 5) is 15.0. The molecule has 2 aromatic rings. The summed E-state index contributed by atoms with van der Waals surface area (Å²) < 4.78 is 26.6. The minimum atomic E-state index is -1.20. The third-order valence-corrected chi connectivity index (χ3v) is 3.16. The Bertz CT molecular complexity index is 818. The number of nitrogens with zero attached hydrogens (tertiary/aromatic N) is 1. The molecule has 0 saturated heterocycles. The van der Waals surface area contributed by atoms with Crippen LogP contribution in [0.1, 0.15) is 24.5 Å². The highest BCUT2D eigenvalue weighted by Gasteiger charge is 2.13. The minimum absolute atomic E-state index is 0.0721. The van der Waals surface area contributed by atoms with Crippen LogP contribution in [-0.2, 0) is 4.79 Å². The predicted molar refractivity (Wildman–Crippen MR) is 97.2 cm³/mol. The average Bonchev–Trinajstić information content (AvgIpc) is 2.61. The van der Waals surface area contributed by atoms with E-state index in [0.717, 1.165) is 18.6 Å². The molecule has 0 unspecified atom stereocenters. The molecule has 0 atom stereocenters. The summed E-state index contributed by atoms with van der Waals surface area (Å²) in [5.74, 6) is -2.97. The van der Waals surface area contributed by atoms with Gasteiger partial charge in [0.15, 0.2) is 0 Å². The van der Waals surface area contributed by atoms with Gasteiger partial charge in [0.05, 0.1) is 16.8 Å². The van der Waals surface area contributed by atoms with E-state index in [1.165, 1.54) is 12.1 Å². The topological polar surface area (TPSA) is 95.9 Å². The number of carboxylic acids is 1. The lowest BCUT2D eigenvalue weighted by Gasteiger charge is -2.07. The Kier molecular flexibility index (Phi) is 8.11. The summed E-state index contributed by atoms with van der Waals surface area (Å²) in [6.45, 7) is 5.71. The zero-order valence-corrected chi connectivity index (χ0v) is 14.2. The third-order valence-electron chi connectivity index (χ3n) is 3.16. The molecule has 0 spiro atoms. The molecule has 0 radical (unpaired) electrons. The lowest BCUT2D eigenvalue weighted by molar-refractivity contribution is -0.130. The molecule has 0 amide bonds. The van der Waals surface area contributed by atoms with Gasteiger partial charge >= 0.3 is 5.97 Å². The van der Waals surface area contributed by atoms with Crippen LogP contribution in [0.4, 0.5) is 14.5 Å². The van der Waals surface area contributed by atoms with Crippen LogP contribution in [0.3, 0.4) is 0 Å². The molecular formula is C19H20F2N2O3. The highest BCUT2D eigenvalue weighted by atomic mass is 19.1. The van der Waals surface area contributed by atoms with E-state index in [4.69, 9.17) is 15.9 Å². The van der Waals surface area contributed by atoms with E-state index < -0.39 is 17.6 Å². The van der Waals surface area contributed by atoms with Crippen LogP contribution >= 0.6 is 0 Å². The number of aliphatic imine (C=N–C) groups is 1. The van der Waals surface area contributed by atoms with Crippen molar-refractivity contribution in [3.63, 3.8) is 0 Å². The monoisotopic (exact) mass is 362 g/mol. The molecule has 5 nitrogen and oxygen atoms in total. The number of hydrogen-bond donors (Lipinski definition) is 3. The predicted octanol–water partition coefficient (Wildman–Crippen LogP) is 3.49. The number of para-hydroxylation sites is 1. The van der Waals surface area contributed by atoms with E-state index in [9.17, 15) is 13.6 Å². The fourth-order valence-electron chi connectivity index (χ4n) is 1.83. The van der Waals surface area contributed by atoms with E-state index in [1.54, 1.807) is 12.1 Å². The number of amidine groups is 1. The van der Waals surface area contributed by atoms with Crippen LogP contribution in [0.2, 0.25) is 0 Å². The Hall–Kier alpha value is -3.06. The summed E-state index contributed by atoms with van der Waals surface area (Å²) in [6.07, 6.45) is 0.875. The van der Waals surface area contributed by atoms with E-state index >= 15 is 0 Å². The molecule has 0 saturated carbocycles. The molecule has 0 aliphatic carbocycles. The van der Waals surface area contributed by atoms with Crippen molar-refractivity contribution in [2.24, 2.45) is 10.7 Å². The second-order valence-corrected chi connectivity index (χ2v) is 5.15. The van der Waals surface area contributed by atoms with Gasteiger partial charge in [-0.15, -0.1) is 0 Å². The van der Waals surface area contributed by atoms with Crippen molar-refractivity contribution < 1.29 is 23.8 Å². The van der Waals surface area contributed by atoms with Gasteiger partial charge in [-0.1, -0.05) is 31.7 Å². The first-order valence-corrected chi connectivity index (χ1v) is 7.73. The van der Waals surface area contributed by atoms with Gasteiger partial charge in [-0.2, -0.15) is 0 Å². The van der Waals surface area contributed by atoms with E-state index in [2.05, 4.69) is 11.6 Å². The van der Waals surface area contributed by atoms with Gasteiger partial charge < -0.3 is 15.9 Å². The van der Waals surface area contributed by atoms with Gasteiger partial charge in [0, 0.05) is 18.2 Å². The molecule has 138 valence electrons. The first kappa shape index (κ1) is 21.0. The average molecular weight is 362 g/mol. The number of benzene rings is 2. The van der Waals surface area contributed by atoms with Crippen LogP contribution in [-0.4, -0.2) is 28.6 Å². The molecule has 26 heavy (non-hydrogen) atoms. The summed E-state index contributed by atoms with van der Waals surface area (Å²) in [5, 5.41) is 16.9. The van der Waals surface area contributed by atoms with Crippen molar-refractivity contribution in [1.29, 1.82) is 0 Å². The van der Waals surface area contributed by atoms with Crippen LogP contribution in [0.15, 0.2) is 54.0 Å². The lowest BCUT2D eigenvalue weighted by Crippen LogP contribution is -2.15. The molecule has 4 N–H and O–H groups in total. The number of halogens is 2. The number of nitrogens with two attached hydrogens (primary N) is 1. The van der Waals surface area contributed by atoms with Crippen molar-refractivity contribution in [2.45, 2.75) is 13.3 Å². The maximum Gasteiger partial charge on any atom is 0.335 e. The summed E-state index contributed by atoms with van der Waals surface area (Å²) in [6, 6.07) is 9.21. The van der Waals surface area contributed by atoms with E-state index in [1.807, 2.05) is 6.92 Å². The number of carbonyl (C=O) groups is 1. The van der Waals surface area contributed by atoms with Crippen LogP contribution < -0.4 is 5.73 Å². The van der Waals surface area contributed by atoms with Crippen molar-refractivity contribution in [1.82, 2.24) is 0 Å². The Labute approximate surface area is 150 Å². The van der Waals surface area contributed by atoms with Crippen molar-refractivity contribution in [3.8, 4) is 0 Å². The zero-order chi connectivity index (χ0) is 19.7. The van der Waals surface area contributed by atoms with Gasteiger partial charge in [-0.05, 0) is 24.6 Å². The summed E-state index contributed by atoms with van der Waals surface area (Å²) >= 11 is 0. The number of carboxylic acid groups (broad SMARTS) is 1. The van der Waals surface area contributed by atoms with Crippen molar-refractivity contribution in [2.75, 3.05) is 6.61 Å². The molecule has 0 bridgehead atoms. The van der Waals surface area contributed by atoms with Crippen molar-refractivity contribution >= 4 is 23.1 Å². The smallest absolute Gasteiger partial charge is 0.335 e. The van der Waals surface area contributed by atoms with E-state index in [-0.39, 0.29) is 28.2 Å². The fraction of sp³-hybridized carbons (Fsp3) is 0.158. The Morgan fingerprint density at radius 2 is 1.81 bits per heavy atom. The molecule has 2 aromatic carbocycles. The SMILES string of the molecule is C=C(C(=O)O)c1ccccc1N=C(N)c1ccc(F)cc1F.CCCO. The quantitative estimate of drug-likeness (QED) is 0.431. The zero-order valence-electron chi connectivity index (χ0n) is 14.2. The first-order chi connectivity index (χ1) is 12.3. The highest BCUT2D eigenvalue weighted by molar-refractivity contribution is 6.16. The second kappa shape index (κ2) is 10.0. The number of aliphatic hydroxyl groups is 1. The molecule has 0 heterocycles. The number of aliphatic hydroxyl groups excluding tert-OH is 1. The Balaban J connectivity index is 0.000000765. The maximum absolute atomic E-state index is 13.7. The molecule has 0 aromatic heterocycles. The third kappa shape index (κ3) is 5.78. The summed E-state index contributed by atoms with van der Waals surface area (Å²) in [7, 11) is 0. The molecule has 7 heteroatoms. The van der Waals surface area contributed by atoms with Gasteiger partial charge in [0.2, 0.25) is 0 Å². The number of rotatable bonds is 5. The van der Waals surface area contributed by atoms with E-state index in [0.29, 0.717) is 12.7 Å². The number of hydrogen-bond acceptors (Lipinski definition) is 3. The maximum atomic E-state index is 13.7. The van der Waals surface area contributed by atoms with Gasteiger partial charge in [0.25, 0.3) is 0 Å². The van der Waals surface area contributed by atoms with Gasteiger partial charge in [-0.25, -0.2) is 18.6 Å². The lowest BCUT2D eigenvalue weighted by atomic mass is 10.1. The summed E-state index contributed by atoms with van der Waals surface area (Å²) in [5.41, 5.74) is 6.00. The van der Waals surface area contributed by atoms with Crippen LogP contribution in [0.25, 0.3) is 5.57 Å². The Morgan fingerprint density at radius 3 is 2.35 bits per heavy atom. The Morgan fingerprint density at radius 1 is 1.19 bits per heavy atom. The molecule has 0 aliphatic rings. The van der Waals surface area contributed by atoms with Gasteiger partial charge in [-0.3, -0.25) is 0 Å². The molecule has 0 fully saturated rings. The van der Waals surface area contributed by atoms with Crippen molar-refractivity contribution in [3.05, 3.63) is 71.8 Å². The van der Waals surface area contributed by atoms with Crippen LogP contribution in [0, 0.1) is 11.6 Å². The standard InChI is InChI=1S/C16H12F2N2O2.C3H8O/c1-9(16(21)22)11-4-2-3-5-14(11)20-15(19)12-7-6-10(17)8-13(12)18;1-2-3-4/h2-8H,1H2,(H2,19,20)(H,21,22);4H,2-3H2,1H3. The highest BCUT2D eigenvalue weighted by Crippen LogP contribution is 2.26. The fourth-order valence-corrected chi connectivity index (χ4v) is 1.83. The normalized spacial score (nSPS) is 10.7. The first-order valence-electron chi connectivity index (χ1n) is 7.73. The van der Waals surface area contributed by atoms with Crippen LogP contribution in [0.5, 0.6) is 0 Å².